The number of rotatable bonds is 4. The van der Waals surface area contributed by atoms with Crippen molar-refractivity contribution in [2.75, 3.05) is 0 Å². The Morgan fingerprint density at radius 3 is 1.90 bits per heavy atom. The summed E-state index contributed by atoms with van der Waals surface area (Å²) in [5.41, 5.74) is 14.5. The summed E-state index contributed by atoms with van der Waals surface area (Å²) in [4.78, 5) is 0. The SMILES string of the molecule is CC1=Cc2c(-c3ccc(C(C)(C)C)cc3)cccc2[CH]1[Zr]([CH3])([CH3])(=[SiH2])[CH]1C=C(c2ccccc2)c2ccccc21.Cl.Cl. The van der Waals surface area contributed by atoms with Gasteiger partial charge in [0.15, 0.2) is 0 Å². The van der Waals surface area contributed by atoms with E-state index in [-0.39, 0.29) is 30.2 Å². The molecule has 0 aromatic heterocycles. The fourth-order valence-electron chi connectivity index (χ4n) is 7.41. The van der Waals surface area contributed by atoms with Crippen LogP contribution >= 0.6 is 24.8 Å². The van der Waals surface area contributed by atoms with Crippen molar-refractivity contribution in [3.05, 3.63) is 142 Å². The zero-order chi connectivity index (χ0) is 27.6. The second kappa shape index (κ2) is 11.3. The molecule has 0 saturated carbocycles. The number of hydrogen-bond acceptors (Lipinski definition) is 0. The molecule has 4 aromatic carbocycles. The van der Waals surface area contributed by atoms with Gasteiger partial charge in [-0.3, -0.25) is 0 Å². The summed E-state index contributed by atoms with van der Waals surface area (Å²) < 4.78 is 6.46. The quantitative estimate of drug-likeness (QED) is 0.189. The summed E-state index contributed by atoms with van der Waals surface area (Å²) in [6.45, 7) is 11.7. The molecule has 212 valence electrons. The molecule has 0 N–H and O–H groups in total. The number of halogens is 2. The van der Waals surface area contributed by atoms with Crippen molar-refractivity contribution in [1.82, 2.24) is 0 Å². The molecule has 0 aliphatic heterocycles. The molecule has 0 radical (unpaired) electrons. The fourth-order valence-corrected chi connectivity index (χ4v) is 25.4. The molecule has 2 aliphatic rings. The van der Waals surface area contributed by atoms with Gasteiger partial charge in [0.25, 0.3) is 0 Å². The van der Waals surface area contributed by atoms with Crippen LogP contribution in [-0.4, -0.2) is 6.88 Å². The first kappa shape index (κ1) is 32.0. The van der Waals surface area contributed by atoms with Crippen molar-refractivity contribution < 1.29 is 17.4 Å². The summed E-state index contributed by atoms with van der Waals surface area (Å²) in [7, 11) is 0. The largest absolute Gasteiger partial charge is 0.147 e. The Kier molecular flexibility index (Phi) is 8.79. The third-order valence-electron chi connectivity index (χ3n) is 9.31. The molecule has 2 atom stereocenters. The van der Waals surface area contributed by atoms with Gasteiger partial charge >= 0.3 is 239 Å². The van der Waals surface area contributed by atoms with E-state index >= 15 is 0 Å². The molecule has 0 fully saturated rings. The van der Waals surface area contributed by atoms with Gasteiger partial charge in [-0.05, 0) is 0 Å². The van der Waals surface area contributed by atoms with Crippen LogP contribution in [-0.2, 0) is 22.8 Å². The van der Waals surface area contributed by atoms with Crippen molar-refractivity contribution in [3.63, 3.8) is 0 Å². The maximum absolute atomic E-state index is 3.51. The maximum Gasteiger partial charge on any atom is -0.147 e. The van der Waals surface area contributed by atoms with Crippen LogP contribution in [0.1, 0.15) is 68.3 Å². The van der Waals surface area contributed by atoms with Gasteiger partial charge < -0.3 is 0 Å². The predicted octanol–water partition coefficient (Wildman–Crippen LogP) is 10.5. The molecule has 0 spiro atoms. The molecular formula is C37H42Cl2SiZr. The van der Waals surface area contributed by atoms with Gasteiger partial charge in [-0.15, -0.1) is 24.8 Å². The average molecular weight is 677 g/mol. The van der Waals surface area contributed by atoms with E-state index in [9.17, 15) is 0 Å². The van der Waals surface area contributed by atoms with Crippen LogP contribution < -0.4 is 0 Å². The summed E-state index contributed by atoms with van der Waals surface area (Å²) in [5, 5.41) is 0. The minimum atomic E-state index is -3.51. The van der Waals surface area contributed by atoms with Crippen molar-refractivity contribution in [3.8, 4) is 11.1 Å². The van der Waals surface area contributed by atoms with Crippen LogP contribution in [0.2, 0.25) is 9.26 Å². The summed E-state index contributed by atoms with van der Waals surface area (Å²) in [5.74, 6) is 0. The topological polar surface area (TPSA) is 0 Å². The first-order valence-corrected chi connectivity index (χ1v) is 28.0. The molecule has 2 unspecified atom stereocenters. The van der Waals surface area contributed by atoms with Crippen molar-refractivity contribution in [2.45, 2.75) is 49.6 Å². The molecule has 6 rings (SSSR count). The predicted molar refractivity (Wildman–Crippen MR) is 184 cm³/mol. The Morgan fingerprint density at radius 1 is 0.659 bits per heavy atom. The van der Waals surface area contributed by atoms with E-state index in [2.05, 4.69) is 153 Å². The first-order chi connectivity index (χ1) is 18.4. The number of benzene rings is 4. The van der Waals surface area contributed by atoms with Gasteiger partial charge in [-0.1, -0.05) is 0 Å². The number of hydrogen-bond donors (Lipinski definition) is 0. The van der Waals surface area contributed by atoms with Crippen molar-refractivity contribution >= 4 is 43.3 Å². The van der Waals surface area contributed by atoms with Crippen LogP contribution in [0.15, 0.2) is 109 Å². The van der Waals surface area contributed by atoms with E-state index < -0.39 is 17.4 Å². The first-order valence-electron chi connectivity index (χ1n) is 14.3. The molecule has 0 heterocycles. The summed E-state index contributed by atoms with van der Waals surface area (Å²) >= 11 is -3.51. The third-order valence-corrected chi connectivity index (χ3v) is 27.1. The zero-order valence-electron chi connectivity index (χ0n) is 25.1. The van der Waals surface area contributed by atoms with E-state index in [4.69, 9.17) is 0 Å². The van der Waals surface area contributed by atoms with Crippen LogP contribution in [0.5, 0.6) is 0 Å². The fraction of sp³-hybridized carbons (Fsp3) is 0.243. The van der Waals surface area contributed by atoms with Crippen molar-refractivity contribution in [2.24, 2.45) is 0 Å². The molecule has 0 saturated heterocycles. The Bertz CT molecular complexity index is 1720. The minimum absolute atomic E-state index is 0. The van der Waals surface area contributed by atoms with Gasteiger partial charge in [0.2, 0.25) is 0 Å². The Balaban J connectivity index is 0.00000194. The summed E-state index contributed by atoms with van der Waals surface area (Å²) in [6.07, 6.45) is 5.17. The van der Waals surface area contributed by atoms with Crippen LogP contribution in [0, 0.1) is 0 Å². The zero-order valence-corrected chi connectivity index (χ0v) is 30.6. The van der Waals surface area contributed by atoms with E-state index in [1.54, 1.807) is 11.1 Å². The number of fused-ring (bicyclic) bond motifs is 2. The molecule has 0 amide bonds. The average Bonchev–Trinajstić information content (AvgIpc) is 3.47. The molecule has 0 bridgehead atoms. The molecule has 4 heteroatoms. The third kappa shape index (κ3) is 5.47. The minimum Gasteiger partial charge on any atom is -0.147 e. The summed E-state index contributed by atoms with van der Waals surface area (Å²) in [6, 6.07) is 36.5. The monoisotopic (exact) mass is 674 g/mol. The van der Waals surface area contributed by atoms with Gasteiger partial charge in [-0.2, -0.15) is 0 Å². The molecule has 2 aliphatic carbocycles. The second-order valence-electron chi connectivity index (χ2n) is 13.9. The Morgan fingerprint density at radius 2 is 1.24 bits per heavy atom. The molecule has 0 nitrogen and oxygen atoms in total. The van der Waals surface area contributed by atoms with E-state index in [0.29, 0.717) is 7.25 Å². The standard InChI is InChI=1S/C20H21.C15H11.2CH3.2ClH.H2Si.Zr/c1-14-12-16-6-5-7-18(19(16)13-14)15-8-10-17(11-9-15)20(2,3)4;1-2-6-12(7-3-1)15-11-10-13-8-4-5-9-14(13)15;;;;;;/h5-13H,1-4H3;1-11H;2*1H3;2*1H;1H2;. The van der Waals surface area contributed by atoms with Gasteiger partial charge in [0.05, 0.1) is 0 Å². The normalized spacial score (nSPS) is 17.9. The van der Waals surface area contributed by atoms with E-state index in [1.807, 2.05) is 0 Å². The van der Waals surface area contributed by atoms with Crippen LogP contribution in [0.3, 0.4) is 0 Å². The maximum atomic E-state index is 2.72. The Hall–Kier alpha value is -1.96. The van der Waals surface area contributed by atoms with Gasteiger partial charge in [0, 0.05) is 0 Å². The van der Waals surface area contributed by atoms with Gasteiger partial charge in [-0.25, -0.2) is 0 Å². The van der Waals surface area contributed by atoms with Gasteiger partial charge in [0.1, 0.15) is 0 Å². The van der Waals surface area contributed by atoms with Crippen LogP contribution in [0.25, 0.3) is 22.8 Å². The molecule has 41 heavy (non-hydrogen) atoms. The van der Waals surface area contributed by atoms with E-state index in [0.717, 1.165) is 0 Å². The van der Waals surface area contributed by atoms with E-state index in [1.165, 1.54) is 44.5 Å². The van der Waals surface area contributed by atoms with Crippen molar-refractivity contribution in [1.29, 1.82) is 0 Å². The molecular weight excluding hydrogens is 635 g/mol. The Labute approximate surface area is 261 Å². The second-order valence-corrected chi connectivity index (χ2v) is 44.5. The number of allylic oxidation sites excluding steroid dienone is 2. The molecule has 4 aromatic rings. The van der Waals surface area contributed by atoms with Crippen LogP contribution in [0.4, 0.5) is 0 Å². The smallest absolute Gasteiger partial charge is 0.147 e.